The van der Waals surface area contributed by atoms with Gasteiger partial charge in [0.05, 0.1) is 6.61 Å². The normalized spacial score (nSPS) is 13.4. The van der Waals surface area contributed by atoms with Gasteiger partial charge in [0, 0.05) is 6.04 Å². The Kier molecular flexibility index (Phi) is 5.21. The van der Waals surface area contributed by atoms with Crippen molar-refractivity contribution in [3.05, 3.63) is 29.3 Å². The van der Waals surface area contributed by atoms with E-state index in [1.807, 2.05) is 7.05 Å². The van der Waals surface area contributed by atoms with Crippen LogP contribution in [-0.4, -0.2) is 13.7 Å². The molecule has 0 fully saturated rings. The van der Waals surface area contributed by atoms with Gasteiger partial charge in [0.2, 0.25) is 0 Å². The summed E-state index contributed by atoms with van der Waals surface area (Å²) < 4.78 is 5.86. The molecule has 0 bridgehead atoms. The van der Waals surface area contributed by atoms with Crippen LogP contribution in [0.4, 0.5) is 0 Å². The monoisotopic (exact) mass is 249 g/mol. The summed E-state index contributed by atoms with van der Waals surface area (Å²) in [5.41, 5.74) is 2.84. The number of aryl methyl sites for hydroxylation is 1. The summed E-state index contributed by atoms with van der Waals surface area (Å²) in [5, 5.41) is 3.25. The van der Waals surface area contributed by atoms with E-state index in [-0.39, 0.29) is 0 Å². The third-order valence-electron chi connectivity index (χ3n) is 3.24. The quantitative estimate of drug-likeness (QED) is 0.848. The minimum absolute atomic E-state index is 0.328. The fraction of sp³-hybridized carbons (Fsp3) is 0.625. The van der Waals surface area contributed by atoms with Crippen molar-refractivity contribution in [2.75, 3.05) is 13.7 Å². The van der Waals surface area contributed by atoms with Crippen LogP contribution in [0.5, 0.6) is 5.75 Å². The number of hydrogen-bond acceptors (Lipinski definition) is 2. The molecule has 0 amide bonds. The zero-order valence-corrected chi connectivity index (χ0v) is 12.6. The molecule has 1 aromatic carbocycles. The van der Waals surface area contributed by atoms with Crippen molar-refractivity contribution in [3.8, 4) is 5.75 Å². The van der Waals surface area contributed by atoms with Gasteiger partial charge in [-0.3, -0.25) is 0 Å². The lowest BCUT2D eigenvalue weighted by Crippen LogP contribution is -2.13. The molecule has 18 heavy (non-hydrogen) atoms. The second kappa shape index (κ2) is 6.24. The van der Waals surface area contributed by atoms with Gasteiger partial charge in [-0.05, 0) is 49.9 Å². The lowest BCUT2D eigenvalue weighted by molar-refractivity contribution is 0.242. The van der Waals surface area contributed by atoms with Crippen molar-refractivity contribution >= 4 is 0 Å². The van der Waals surface area contributed by atoms with Crippen molar-refractivity contribution in [1.82, 2.24) is 5.32 Å². The average molecular weight is 249 g/mol. The highest BCUT2D eigenvalue weighted by Crippen LogP contribution is 2.24. The molecule has 2 nitrogen and oxygen atoms in total. The Morgan fingerprint density at radius 3 is 2.44 bits per heavy atom. The smallest absolute Gasteiger partial charge is 0.122 e. The maximum absolute atomic E-state index is 5.86. The molecule has 0 aliphatic carbocycles. The van der Waals surface area contributed by atoms with Gasteiger partial charge in [-0.25, -0.2) is 0 Å². The van der Waals surface area contributed by atoms with Crippen molar-refractivity contribution in [2.45, 2.75) is 47.1 Å². The topological polar surface area (TPSA) is 21.3 Å². The standard InChI is InChI=1S/C16H27NO/c1-12-11-14(13(2)17-6)7-8-15(12)18-10-9-16(3,4)5/h7-8,11,13,17H,9-10H2,1-6H3. The third kappa shape index (κ3) is 4.69. The summed E-state index contributed by atoms with van der Waals surface area (Å²) in [6.45, 7) is 11.8. The molecule has 0 aliphatic heterocycles. The van der Waals surface area contributed by atoms with E-state index in [1.54, 1.807) is 0 Å². The van der Waals surface area contributed by atoms with Crippen LogP contribution in [0.25, 0.3) is 0 Å². The summed E-state index contributed by atoms with van der Waals surface area (Å²) in [7, 11) is 1.98. The van der Waals surface area contributed by atoms with E-state index in [4.69, 9.17) is 4.74 Å². The predicted octanol–water partition coefficient (Wildman–Crippen LogP) is 4.09. The molecule has 0 spiro atoms. The van der Waals surface area contributed by atoms with E-state index in [0.717, 1.165) is 18.8 Å². The van der Waals surface area contributed by atoms with Crippen LogP contribution < -0.4 is 10.1 Å². The van der Waals surface area contributed by atoms with E-state index >= 15 is 0 Å². The molecular formula is C16H27NO. The zero-order valence-electron chi connectivity index (χ0n) is 12.6. The first-order valence-corrected chi connectivity index (χ1v) is 6.74. The Hall–Kier alpha value is -1.02. The minimum Gasteiger partial charge on any atom is -0.493 e. The third-order valence-corrected chi connectivity index (χ3v) is 3.24. The fourth-order valence-corrected chi connectivity index (χ4v) is 1.74. The molecular weight excluding hydrogens is 222 g/mol. The van der Waals surface area contributed by atoms with Gasteiger partial charge in [-0.1, -0.05) is 32.9 Å². The predicted molar refractivity (Wildman–Crippen MR) is 78.2 cm³/mol. The Morgan fingerprint density at radius 2 is 1.94 bits per heavy atom. The fourth-order valence-electron chi connectivity index (χ4n) is 1.74. The summed E-state index contributed by atoms with van der Waals surface area (Å²) in [6, 6.07) is 6.81. The molecule has 0 aliphatic rings. The summed E-state index contributed by atoms with van der Waals surface area (Å²) in [6.07, 6.45) is 1.07. The Bertz CT molecular complexity index is 379. The molecule has 0 heterocycles. The second-order valence-electron chi connectivity index (χ2n) is 6.19. The molecule has 102 valence electrons. The molecule has 2 heteroatoms. The molecule has 0 radical (unpaired) electrons. The lowest BCUT2D eigenvalue weighted by atomic mass is 9.93. The van der Waals surface area contributed by atoms with E-state index in [2.05, 4.69) is 58.1 Å². The number of nitrogens with one attached hydrogen (secondary N) is 1. The van der Waals surface area contributed by atoms with Gasteiger partial charge in [-0.15, -0.1) is 0 Å². The zero-order chi connectivity index (χ0) is 13.8. The average Bonchev–Trinajstić information content (AvgIpc) is 2.28. The van der Waals surface area contributed by atoms with E-state index in [0.29, 0.717) is 11.5 Å². The Labute approximate surface area is 112 Å². The second-order valence-corrected chi connectivity index (χ2v) is 6.19. The van der Waals surface area contributed by atoms with Gasteiger partial charge in [0.25, 0.3) is 0 Å². The lowest BCUT2D eigenvalue weighted by Gasteiger charge is -2.19. The largest absolute Gasteiger partial charge is 0.493 e. The molecule has 0 saturated carbocycles. The van der Waals surface area contributed by atoms with Crippen molar-refractivity contribution in [3.63, 3.8) is 0 Å². The first-order chi connectivity index (χ1) is 8.33. The highest BCUT2D eigenvalue weighted by Gasteiger charge is 2.11. The Balaban J connectivity index is 2.63. The minimum atomic E-state index is 0.328. The van der Waals surface area contributed by atoms with E-state index in [1.165, 1.54) is 11.1 Å². The highest BCUT2D eigenvalue weighted by atomic mass is 16.5. The maximum Gasteiger partial charge on any atom is 0.122 e. The highest BCUT2D eigenvalue weighted by molar-refractivity contribution is 5.37. The van der Waals surface area contributed by atoms with Gasteiger partial charge < -0.3 is 10.1 Å². The van der Waals surface area contributed by atoms with E-state index in [9.17, 15) is 0 Å². The summed E-state index contributed by atoms with van der Waals surface area (Å²) in [4.78, 5) is 0. The van der Waals surface area contributed by atoms with Crippen LogP contribution in [0.2, 0.25) is 0 Å². The summed E-state index contributed by atoms with van der Waals surface area (Å²) >= 11 is 0. The van der Waals surface area contributed by atoms with Crippen molar-refractivity contribution in [1.29, 1.82) is 0 Å². The first kappa shape index (κ1) is 15.0. The van der Waals surface area contributed by atoms with Gasteiger partial charge in [0.15, 0.2) is 0 Å². The first-order valence-electron chi connectivity index (χ1n) is 6.74. The van der Waals surface area contributed by atoms with Crippen LogP contribution in [0, 0.1) is 12.3 Å². The van der Waals surface area contributed by atoms with Crippen LogP contribution in [-0.2, 0) is 0 Å². The Morgan fingerprint density at radius 1 is 1.28 bits per heavy atom. The molecule has 1 unspecified atom stereocenters. The van der Waals surface area contributed by atoms with Crippen LogP contribution in [0.3, 0.4) is 0 Å². The molecule has 0 aromatic heterocycles. The number of benzene rings is 1. The van der Waals surface area contributed by atoms with Gasteiger partial charge in [0.1, 0.15) is 5.75 Å². The van der Waals surface area contributed by atoms with Crippen molar-refractivity contribution in [2.24, 2.45) is 5.41 Å². The molecule has 1 atom stereocenters. The number of ether oxygens (including phenoxy) is 1. The van der Waals surface area contributed by atoms with Gasteiger partial charge in [-0.2, -0.15) is 0 Å². The number of hydrogen-bond donors (Lipinski definition) is 1. The molecule has 1 rings (SSSR count). The SMILES string of the molecule is CNC(C)c1ccc(OCCC(C)(C)C)c(C)c1. The summed E-state index contributed by atoms with van der Waals surface area (Å²) in [5.74, 6) is 1.01. The van der Waals surface area contributed by atoms with Gasteiger partial charge >= 0.3 is 0 Å². The van der Waals surface area contributed by atoms with Crippen LogP contribution in [0.15, 0.2) is 18.2 Å². The molecule has 1 aromatic rings. The van der Waals surface area contributed by atoms with E-state index < -0.39 is 0 Å². The van der Waals surface area contributed by atoms with Crippen LogP contribution in [0.1, 0.15) is 51.3 Å². The number of rotatable bonds is 5. The molecule has 0 saturated heterocycles. The maximum atomic E-state index is 5.86. The van der Waals surface area contributed by atoms with Crippen molar-refractivity contribution < 1.29 is 4.74 Å². The molecule has 1 N–H and O–H groups in total. The van der Waals surface area contributed by atoms with Crippen LogP contribution >= 0.6 is 0 Å².